The van der Waals surface area contributed by atoms with E-state index in [1.54, 1.807) is 36.2 Å². The molecule has 1 unspecified atom stereocenters. The van der Waals surface area contributed by atoms with Crippen LogP contribution in [-0.4, -0.2) is 30.0 Å². The first-order valence-corrected chi connectivity index (χ1v) is 11.3. The van der Waals surface area contributed by atoms with Gasteiger partial charge in [0.15, 0.2) is 0 Å². The second kappa shape index (κ2) is 8.13. The van der Waals surface area contributed by atoms with Gasteiger partial charge in [0, 0.05) is 18.4 Å². The monoisotopic (exact) mass is 440 g/mol. The van der Waals surface area contributed by atoms with Crippen molar-refractivity contribution in [2.75, 3.05) is 16.8 Å². The minimum atomic E-state index is -0.763. The number of likely N-dealkylation sites (N-methyl/N-ethyl adjacent to an activating group) is 1. The molecule has 0 saturated carbocycles. The Morgan fingerprint density at radius 3 is 2.12 bits per heavy atom. The minimum absolute atomic E-state index is 0.262. The molecule has 0 aliphatic carbocycles. The fourth-order valence-electron chi connectivity index (χ4n) is 4.17. The maximum absolute atomic E-state index is 13.7. The van der Waals surface area contributed by atoms with Gasteiger partial charge in [0.05, 0.1) is 22.5 Å². The van der Waals surface area contributed by atoms with Crippen molar-refractivity contribution in [2.24, 2.45) is 0 Å². The molecule has 2 heterocycles. The predicted molar refractivity (Wildman–Crippen MR) is 127 cm³/mol. The Labute approximate surface area is 190 Å². The Balaban J connectivity index is 1.64. The molecule has 1 saturated heterocycles. The van der Waals surface area contributed by atoms with Crippen molar-refractivity contribution in [1.29, 1.82) is 0 Å². The van der Waals surface area contributed by atoms with Crippen LogP contribution >= 0.6 is 11.8 Å². The number of carbonyl (C=O) groups excluding carboxylic acids is 3. The third-order valence-corrected chi connectivity index (χ3v) is 7.01. The number of imide groups is 1. The number of thioether (sulfide) groups is 1. The van der Waals surface area contributed by atoms with Gasteiger partial charge in [0.25, 0.3) is 17.7 Å². The molecule has 1 atom stereocenters. The fraction of sp³-hybridized carbons (Fsp3) is 0.115. The normalized spacial score (nSPS) is 20.3. The molecule has 32 heavy (non-hydrogen) atoms. The number of fused-ring (bicyclic) bond motifs is 1. The first kappa shape index (κ1) is 20.3. The van der Waals surface area contributed by atoms with E-state index in [0.717, 1.165) is 11.3 Å². The van der Waals surface area contributed by atoms with Gasteiger partial charge in [-0.1, -0.05) is 66.7 Å². The molecule has 0 radical (unpaired) electrons. The Kier molecular flexibility index (Phi) is 5.15. The lowest BCUT2D eigenvalue weighted by Gasteiger charge is -2.14. The van der Waals surface area contributed by atoms with E-state index in [9.17, 15) is 14.4 Å². The number of benzene rings is 3. The number of nitrogens with zero attached hydrogens (tertiary/aromatic N) is 2. The topological polar surface area (TPSA) is 57.7 Å². The Hall–Kier alpha value is -3.64. The van der Waals surface area contributed by atoms with Gasteiger partial charge in [0.2, 0.25) is 0 Å². The van der Waals surface area contributed by atoms with E-state index in [2.05, 4.69) is 0 Å². The van der Waals surface area contributed by atoms with Crippen LogP contribution in [0.25, 0.3) is 5.57 Å². The molecule has 1 fully saturated rings. The highest BCUT2D eigenvalue weighted by Gasteiger charge is 2.49. The summed E-state index contributed by atoms with van der Waals surface area (Å²) in [6.45, 7) is 0. The predicted octanol–water partition coefficient (Wildman–Crippen LogP) is 4.29. The van der Waals surface area contributed by atoms with Crippen molar-refractivity contribution >= 4 is 46.4 Å². The van der Waals surface area contributed by atoms with Gasteiger partial charge in [0.1, 0.15) is 5.25 Å². The molecule has 3 aromatic carbocycles. The summed E-state index contributed by atoms with van der Waals surface area (Å²) in [6, 6.07) is 26.1. The van der Waals surface area contributed by atoms with Crippen LogP contribution in [0, 0.1) is 0 Å². The van der Waals surface area contributed by atoms with E-state index in [1.165, 1.54) is 16.7 Å². The first-order chi connectivity index (χ1) is 15.6. The van der Waals surface area contributed by atoms with E-state index in [0.29, 0.717) is 22.6 Å². The average molecular weight is 441 g/mol. The number of anilines is 2. The highest BCUT2D eigenvalue weighted by Crippen LogP contribution is 2.44. The summed E-state index contributed by atoms with van der Waals surface area (Å²) in [4.78, 5) is 43.2. The minimum Gasteiger partial charge on any atom is -0.311 e. The maximum atomic E-state index is 13.7. The highest BCUT2D eigenvalue weighted by atomic mass is 32.2. The Morgan fingerprint density at radius 1 is 0.781 bits per heavy atom. The zero-order valence-corrected chi connectivity index (χ0v) is 18.2. The molecule has 2 aliphatic heterocycles. The van der Waals surface area contributed by atoms with Gasteiger partial charge in [-0.2, -0.15) is 0 Å². The van der Waals surface area contributed by atoms with Gasteiger partial charge in [-0.15, -0.1) is 11.8 Å². The van der Waals surface area contributed by atoms with Crippen molar-refractivity contribution in [1.82, 2.24) is 0 Å². The fourth-order valence-corrected chi connectivity index (χ4v) is 5.36. The molecular weight excluding hydrogens is 420 g/mol. The summed E-state index contributed by atoms with van der Waals surface area (Å²) in [5.41, 5.74) is 3.58. The summed E-state index contributed by atoms with van der Waals surface area (Å²) >= 11 is 1.38. The van der Waals surface area contributed by atoms with Crippen molar-refractivity contribution in [2.45, 2.75) is 11.0 Å². The second-order valence-corrected chi connectivity index (χ2v) is 8.75. The summed E-state index contributed by atoms with van der Waals surface area (Å²) < 4.78 is 0. The molecule has 0 bridgehead atoms. The van der Waals surface area contributed by atoms with E-state index in [4.69, 9.17) is 0 Å². The Morgan fingerprint density at radius 2 is 1.41 bits per heavy atom. The van der Waals surface area contributed by atoms with Gasteiger partial charge < -0.3 is 4.90 Å². The third-order valence-electron chi connectivity index (χ3n) is 5.74. The lowest BCUT2D eigenvalue weighted by molar-refractivity contribution is -0.120. The smallest absolute Gasteiger partial charge is 0.263 e. The third kappa shape index (κ3) is 3.24. The van der Waals surface area contributed by atoms with Crippen molar-refractivity contribution in [3.05, 3.63) is 102 Å². The molecule has 0 aromatic heterocycles. The van der Waals surface area contributed by atoms with Crippen LogP contribution in [0.5, 0.6) is 0 Å². The van der Waals surface area contributed by atoms with Crippen LogP contribution in [0.4, 0.5) is 11.4 Å². The molecule has 5 nitrogen and oxygen atoms in total. The van der Waals surface area contributed by atoms with Crippen LogP contribution in [0.1, 0.15) is 11.1 Å². The van der Waals surface area contributed by atoms with E-state index in [1.807, 2.05) is 60.7 Å². The van der Waals surface area contributed by atoms with E-state index in [-0.39, 0.29) is 17.4 Å². The molecule has 3 aromatic rings. The van der Waals surface area contributed by atoms with Crippen LogP contribution in [0.3, 0.4) is 0 Å². The summed E-state index contributed by atoms with van der Waals surface area (Å²) in [5, 5.41) is -0.763. The van der Waals surface area contributed by atoms with Crippen molar-refractivity contribution < 1.29 is 14.4 Å². The van der Waals surface area contributed by atoms with Crippen molar-refractivity contribution in [3.8, 4) is 0 Å². The highest BCUT2D eigenvalue weighted by molar-refractivity contribution is 8.00. The van der Waals surface area contributed by atoms with Gasteiger partial charge >= 0.3 is 0 Å². The SMILES string of the molecule is CN1C(=O)/C(=C2/C(=O)N(c3ccccc3)C(=O)C2SCc2ccccc2)c2ccccc21. The molecule has 0 spiro atoms. The van der Waals surface area contributed by atoms with Gasteiger partial charge in [-0.05, 0) is 23.8 Å². The number of hydrogen-bond acceptors (Lipinski definition) is 4. The quantitative estimate of drug-likeness (QED) is 0.449. The number of carbonyl (C=O) groups is 3. The molecule has 3 amide bonds. The zero-order chi connectivity index (χ0) is 22.2. The molecular formula is C26H20N2O3S. The van der Waals surface area contributed by atoms with Gasteiger partial charge in [-0.25, -0.2) is 4.90 Å². The van der Waals surface area contributed by atoms with Crippen LogP contribution in [0.15, 0.2) is 90.5 Å². The number of para-hydroxylation sites is 2. The maximum Gasteiger partial charge on any atom is 0.263 e. The van der Waals surface area contributed by atoms with Gasteiger partial charge in [-0.3, -0.25) is 14.4 Å². The summed E-state index contributed by atoms with van der Waals surface area (Å²) in [6.07, 6.45) is 0. The standard InChI is InChI=1S/C26H20N2O3S/c1-27-20-15-9-8-14-19(20)21(24(27)29)22-23(32-16-17-10-4-2-5-11-17)26(31)28(25(22)30)18-12-6-3-7-13-18/h2-15,23H,16H2,1H3/b22-21+. The van der Waals surface area contributed by atoms with Crippen LogP contribution < -0.4 is 9.80 Å². The first-order valence-electron chi connectivity index (χ1n) is 10.3. The van der Waals surface area contributed by atoms with Crippen LogP contribution in [0.2, 0.25) is 0 Å². The number of hydrogen-bond donors (Lipinski definition) is 0. The average Bonchev–Trinajstić information content (AvgIpc) is 3.22. The lowest BCUT2D eigenvalue weighted by atomic mass is 9.99. The summed E-state index contributed by atoms with van der Waals surface area (Å²) in [7, 11) is 1.69. The van der Waals surface area contributed by atoms with Crippen LogP contribution in [-0.2, 0) is 20.1 Å². The van der Waals surface area contributed by atoms with E-state index < -0.39 is 11.2 Å². The molecule has 0 N–H and O–H groups in total. The molecule has 158 valence electrons. The second-order valence-electron chi connectivity index (χ2n) is 7.66. The number of rotatable bonds is 4. The van der Waals surface area contributed by atoms with Crippen molar-refractivity contribution in [3.63, 3.8) is 0 Å². The molecule has 6 heteroatoms. The molecule has 5 rings (SSSR count). The largest absolute Gasteiger partial charge is 0.311 e. The zero-order valence-electron chi connectivity index (χ0n) is 17.4. The molecule has 2 aliphatic rings. The summed E-state index contributed by atoms with van der Waals surface area (Å²) in [5.74, 6) is -0.456. The number of amides is 3. The lowest BCUT2D eigenvalue weighted by Crippen LogP contribution is -2.31. The Bertz CT molecular complexity index is 1250. The van der Waals surface area contributed by atoms with E-state index >= 15 is 0 Å².